The number of ether oxygens (including phenoxy) is 3. The van der Waals surface area contributed by atoms with E-state index in [1.807, 2.05) is 71.1 Å². The van der Waals surface area contributed by atoms with Crippen LogP contribution in [0.2, 0.25) is 0 Å². The van der Waals surface area contributed by atoms with Crippen molar-refractivity contribution < 1.29 is 33.4 Å². The molecule has 0 bridgehead atoms. The fraction of sp³-hybridized carbons (Fsp3) is 0.385. The van der Waals surface area contributed by atoms with Gasteiger partial charge in [-0.25, -0.2) is 9.59 Å². The molecule has 1 saturated heterocycles. The molecule has 1 aliphatic carbocycles. The number of alkyl carbamates (subject to hydrolysis) is 1. The monoisotopic (exact) mass is 606 g/mol. The van der Waals surface area contributed by atoms with Crippen LogP contribution in [0, 0.1) is 0 Å². The van der Waals surface area contributed by atoms with Crippen LogP contribution in [0.1, 0.15) is 36.8 Å². The lowest BCUT2D eigenvalue weighted by molar-refractivity contribution is -0.150. The van der Waals surface area contributed by atoms with Gasteiger partial charge in [-0.3, -0.25) is 9.59 Å². The maximum Gasteiger partial charge on any atom is 0.407 e. The minimum atomic E-state index is -1.10. The molecular formula is C26H27IN2O7. The Labute approximate surface area is 222 Å². The Morgan fingerprint density at radius 1 is 1.03 bits per heavy atom. The van der Waals surface area contributed by atoms with E-state index < -0.39 is 46.1 Å². The maximum atomic E-state index is 13.0. The van der Waals surface area contributed by atoms with Crippen LogP contribution in [0.25, 0.3) is 11.1 Å². The molecule has 36 heavy (non-hydrogen) atoms. The number of hydrogen-bond donors (Lipinski definition) is 2. The number of esters is 2. The van der Waals surface area contributed by atoms with Gasteiger partial charge in [0.2, 0.25) is 5.91 Å². The summed E-state index contributed by atoms with van der Waals surface area (Å²) in [6.07, 6.45) is -0.945. The summed E-state index contributed by atoms with van der Waals surface area (Å²) in [6, 6.07) is 13.9. The molecule has 2 aromatic carbocycles. The van der Waals surface area contributed by atoms with Gasteiger partial charge in [-0.1, -0.05) is 71.1 Å². The second-order valence-electron chi connectivity index (χ2n) is 8.70. The van der Waals surface area contributed by atoms with Gasteiger partial charge in [-0.15, -0.1) is 0 Å². The maximum absolute atomic E-state index is 13.0. The second kappa shape index (κ2) is 11.3. The van der Waals surface area contributed by atoms with Crippen molar-refractivity contribution in [2.24, 2.45) is 0 Å². The zero-order chi connectivity index (χ0) is 25.8. The van der Waals surface area contributed by atoms with Crippen molar-refractivity contribution >= 4 is 46.5 Å². The highest BCUT2D eigenvalue weighted by Gasteiger charge is 2.41. The van der Waals surface area contributed by atoms with E-state index in [2.05, 4.69) is 10.6 Å². The van der Waals surface area contributed by atoms with Crippen LogP contribution in [0.4, 0.5) is 4.79 Å². The third-order valence-electron chi connectivity index (χ3n) is 6.43. The van der Waals surface area contributed by atoms with Crippen LogP contribution >= 0.6 is 22.6 Å². The van der Waals surface area contributed by atoms with Crippen LogP contribution in [0.5, 0.6) is 0 Å². The fourth-order valence-corrected chi connectivity index (χ4v) is 5.76. The van der Waals surface area contributed by atoms with Crippen molar-refractivity contribution in [1.82, 2.24) is 10.6 Å². The first-order valence-electron chi connectivity index (χ1n) is 11.6. The SMILES string of the molecule is COC(=O)[C@@H]1CC[C@@H](OC(C)=O)[C@H](I)[C@H](NC(=O)OCC2c3ccccc3-c3ccccc32)C(=O)N1. The van der Waals surface area contributed by atoms with Crippen molar-refractivity contribution in [3.8, 4) is 11.1 Å². The van der Waals surface area contributed by atoms with Crippen molar-refractivity contribution in [3.63, 3.8) is 0 Å². The number of nitrogens with one attached hydrogen (secondary N) is 2. The van der Waals surface area contributed by atoms with Crippen molar-refractivity contribution in [2.45, 2.75) is 47.8 Å². The number of alkyl halides is 1. The third-order valence-corrected chi connectivity index (χ3v) is 7.95. The van der Waals surface area contributed by atoms with Gasteiger partial charge < -0.3 is 24.8 Å². The molecule has 4 atom stereocenters. The first-order valence-corrected chi connectivity index (χ1v) is 12.9. The average molecular weight is 606 g/mol. The predicted molar refractivity (Wildman–Crippen MR) is 139 cm³/mol. The topological polar surface area (TPSA) is 120 Å². The molecule has 190 valence electrons. The minimum absolute atomic E-state index is 0.0816. The number of halogens is 1. The van der Waals surface area contributed by atoms with E-state index in [0.29, 0.717) is 6.42 Å². The van der Waals surface area contributed by atoms with Gasteiger partial charge in [0.05, 0.1) is 11.0 Å². The van der Waals surface area contributed by atoms with E-state index in [-0.39, 0.29) is 18.9 Å². The lowest BCUT2D eigenvalue weighted by Crippen LogP contribution is -2.59. The average Bonchev–Trinajstić information content (AvgIpc) is 3.19. The van der Waals surface area contributed by atoms with Gasteiger partial charge in [0.1, 0.15) is 24.8 Å². The van der Waals surface area contributed by atoms with Crippen LogP contribution in [-0.4, -0.2) is 59.8 Å². The van der Waals surface area contributed by atoms with Crippen LogP contribution in [0.3, 0.4) is 0 Å². The summed E-state index contributed by atoms with van der Waals surface area (Å²) in [6.45, 7) is 1.35. The summed E-state index contributed by atoms with van der Waals surface area (Å²) < 4.78 is 15.2. The normalized spacial score (nSPS) is 23.2. The molecule has 1 aliphatic heterocycles. The Balaban J connectivity index is 1.48. The highest BCUT2D eigenvalue weighted by atomic mass is 127. The number of rotatable bonds is 5. The number of amides is 2. The minimum Gasteiger partial charge on any atom is -0.467 e. The van der Waals surface area contributed by atoms with Crippen molar-refractivity contribution in [1.29, 1.82) is 0 Å². The second-order valence-corrected chi connectivity index (χ2v) is 10.1. The molecule has 10 heteroatoms. The van der Waals surface area contributed by atoms with E-state index in [9.17, 15) is 19.2 Å². The van der Waals surface area contributed by atoms with Gasteiger partial charge >= 0.3 is 18.0 Å². The van der Waals surface area contributed by atoms with Gasteiger partial charge in [0.25, 0.3) is 0 Å². The van der Waals surface area contributed by atoms with Gasteiger partial charge in [-0.05, 0) is 35.1 Å². The number of hydrogen-bond acceptors (Lipinski definition) is 7. The zero-order valence-corrected chi connectivity index (χ0v) is 22.0. The molecule has 1 fully saturated rings. The Kier molecular flexibility index (Phi) is 8.12. The molecule has 2 aromatic rings. The first kappa shape index (κ1) is 25.9. The first-order chi connectivity index (χ1) is 17.3. The Bertz CT molecular complexity index is 1120. The molecule has 2 N–H and O–H groups in total. The number of carbonyl (C=O) groups is 4. The molecule has 0 unspecified atom stereocenters. The number of benzene rings is 2. The van der Waals surface area contributed by atoms with Crippen LogP contribution < -0.4 is 10.6 Å². The molecule has 9 nitrogen and oxygen atoms in total. The van der Waals surface area contributed by atoms with E-state index in [1.54, 1.807) is 0 Å². The number of fused-ring (bicyclic) bond motifs is 3. The van der Waals surface area contributed by atoms with Crippen LogP contribution in [-0.2, 0) is 28.6 Å². The molecule has 0 aromatic heterocycles. The van der Waals surface area contributed by atoms with Crippen molar-refractivity contribution in [2.75, 3.05) is 13.7 Å². The summed E-state index contributed by atoms with van der Waals surface area (Å²) in [7, 11) is 1.23. The lowest BCUT2D eigenvalue weighted by Gasteiger charge is -2.33. The Morgan fingerprint density at radius 3 is 2.22 bits per heavy atom. The summed E-state index contributed by atoms with van der Waals surface area (Å²) in [5, 5.41) is 5.24. The van der Waals surface area contributed by atoms with E-state index >= 15 is 0 Å². The standard InChI is InChI=1S/C26H27IN2O7/c1-14(30)36-21-12-11-20(25(32)34-2)28-24(31)23(22(21)27)29-26(33)35-13-19-17-9-5-3-7-15(17)16-8-4-6-10-18(16)19/h3-10,19-23H,11-13H2,1-2H3,(H,28,31)(H,29,33)/t20-,21+,22-,23-/m0/s1. The van der Waals surface area contributed by atoms with Gasteiger partial charge in [-0.2, -0.15) is 0 Å². The fourth-order valence-electron chi connectivity index (χ4n) is 4.75. The smallest absolute Gasteiger partial charge is 0.407 e. The van der Waals surface area contributed by atoms with E-state index in [4.69, 9.17) is 14.2 Å². The molecule has 2 amide bonds. The zero-order valence-electron chi connectivity index (χ0n) is 19.9. The number of methoxy groups -OCH3 is 1. The summed E-state index contributed by atoms with van der Waals surface area (Å²) in [5.74, 6) is -1.86. The molecular weight excluding hydrogens is 579 g/mol. The highest BCUT2D eigenvalue weighted by molar-refractivity contribution is 14.1. The molecule has 2 aliphatic rings. The molecule has 0 saturated carbocycles. The summed E-state index contributed by atoms with van der Waals surface area (Å²) in [5.41, 5.74) is 4.34. The third kappa shape index (κ3) is 5.48. The van der Waals surface area contributed by atoms with E-state index in [0.717, 1.165) is 22.3 Å². The van der Waals surface area contributed by atoms with Gasteiger partial charge in [0, 0.05) is 12.8 Å². The molecule has 4 rings (SSSR count). The number of carbonyl (C=O) groups excluding carboxylic acids is 4. The van der Waals surface area contributed by atoms with Gasteiger partial charge in [0.15, 0.2) is 0 Å². The highest BCUT2D eigenvalue weighted by Crippen LogP contribution is 2.44. The van der Waals surface area contributed by atoms with Crippen molar-refractivity contribution in [3.05, 3.63) is 59.7 Å². The predicted octanol–water partition coefficient (Wildman–Crippen LogP) is 3.08. The Morgan fingerprint density at radius 2 is 1.64 bits per heavy atom. The quantitative estimate of drug-likeness (QED) is 0.233. The summed E-state index contributed by atoms with van der Waals surface area (Å²) >= 11 is 1.98. The molecule has 0 spiro atoms. The Hall–Kier alpha value is -3.15. The lowest BCUT2D eigenvalue weighted by atomic mass is 9.97. The molecule has 1 heterocycles. The largest absolute Gasteiger partial charge is 0.467 e. The molecule has 0 radical (unpaired) electrons. The summed E-state index contributed by atoms with van der Waals surface area (Å²) in [4.78, 5) is 49.7. The van der Waals surface area contributed by atoms with Crippen LogP contribution in [0.15, 0.2) is 48.5 Å². The van der Waals surface area contributed by atoms with E-state index in [1.165, 1.54) is 14.0 Å².